The molecule has 3 N–H and O–H groups in total. The molecule has 174 valence electrons. The van der Waals surface area contributed by atoms with E-state index in [2.05, 4.69) is 16.0 Å². The molecule has 2 aliphatic rings. The van der Waals surface area contributed by atoms with Crippen molar-refractivity contribution in [1.82, 2.24) is 10.6 Å². The predicted octanol–water partition coefficient (Wildman–Crippen LogP) is 4.01. The number of nitrogens with zero attached hydrogens (tertiary/aromatic N) is 1. The first-order chi connectivity index (χ1) is 15.8. The fourth-order valence-corrected chi connectivity index (χ4v) is 4.03. The molecule has 2 aromatic rings. The number of nitrogens with one attached hydrogen (secondary N) is 3. The third kappa shape index (κ3) is 4.74. The van der Waals surface area contributed by atoms with E-state index in [4.69, 9.17) is 14.7 Å². The molecule has 4 rings (SSSR count). The van der Waals surface area contributed by atoms with Crippen LogP contribution in [0, 0.1) is 11.3 Å². The summed E-state index contributed by atoms with van der Waals surface area (Å²) in [6.07, 6.45) is -4.13. The molecule has 7 nitrogen and oxygen atoms in total. The highest BCUT2D eigenvalue weighted by Gasteiger charge is 2.62. The van der Waals surface area contributed by atoms with Gasteiger partial charge in [-0.25, -0.2) is 4.79 Å². The number of benzene rings is 2. The van der Waals surface area contributed by atoms with Crippen LogP contribution < -0.4 is 20.7 Å². The summed E-state index contributed by atoms with van der Waals surface area (Å²) in [5.74, 6) is 0.0632. The summed E-state index contributed by atoms with van der Waals surface area (Å²) in [5, 5.41) is 17.5. The van der Waals surface area contributed by atoms with Crippen molar-refractivity contribution in [2.24, 2.45) is 0 Å². The zero-order valence-corrected chi connectivity index (χ0v) is 17.6. The topological polar surface area (TPSA) is 95.4 Å². The molecule has 0 saturated carbocycles. The van der Waals surface area contributed by atoms with Crippen molar-refractivity contribution in [3.63, 3.8) is 0 Å². The van der Waals surface area contributed by atoms with Gasteiger partial charge in [0.05, 0.1) is 24.3 Å². The number of nitriles is 1. The zero-order valence-electron chi connectivity index (χ0n) is 17.6. The van der Waals surface area contributed by atoms with Crippen molar-refractivity contribution >= 4 is 11.7 Å². The maximum Gasteiger partial charge on any atom is 0.421 e. The smallest absolute Gasteiger partial charge is 0.421 e. The molecule has 0 bridgehead atoms. The van der Waals surface area contributed by atoms with Crippen molar-refractivity contribution in [1.29, 1.82) is 5.26 Å². The highest BCUT2D eigenvalue weighted by molar-refractivity contribution is 5.89. The molecule has 3 unspecified atom stereocenters. The van der Waals surface area contributed by atoms with Gasteiger partial charge in [-0.1, -0.05) is 18.2 Å². The number of hydrogen-bond acceptors (Lipinski definition) is 5. The second-order valence-corrected chi connectivity index (χ2v) is 7.95. The Morgan fingerprint density at radius 1 is 1.21 bits per heavy atom. The number of ether oxygens (including phenoxy) is 2. The highest BCUT2D eigenvalue weighted by Crippen LogP contribution is 2.52. The van der Waals surface area contributed by atoms with Crippen LogP contribution in [0.1, 0.15) is 30.4 Å². The molecule has 3 atom stereocenters. The quantitative estimate of drug-likeness (QED) is 0.627. The summed E-state index contributed by atoms with van der Waals surface area (Å²) in [7, 11) is 0. The summed E-state index contributed by atoms with van der Waals surface area (Å²) >= 11 is 0. The van der Waals surface area contributed by atoms with Gasteiger partial charge in [-0.15, -0.1) is 0 Å². The van der Waals surface area contributed by atoms with E-state index < -0.39 is 30.1 Å². The molecule has 0 aliphatic carbocycles. The summed E-state index contributed by atoms with van der Waals surface area (Å²) < 4.78 is 52.5. The Kier molecular flexibility index (Phi) is 6.44. The van der Waals surface area contributed by atoms with Crippen LogP contribution in [0.4, 0.5) is 23.7 Å². The fourth-order valence-electron chi connectivity index (χ4n) is 4.03. The first-order valence-electron chi connectivity index (χ1n) is 10.6. The highest BCUT2D eigenvalue weighted by atomic mass is 19.4. The minimum Gasteiger partial charge on any atom is -0.473 e. The zero-order chi connectivity index (χ0) is 23.5. The van der Waals surface area contributed by atoms with Gasteiger partial charge in [0.25, 0.3) is 0 Å². The Labute approximate surface area is 188 Å². The molecular formula is C23H23F3N4O3. The van der Waals surface area contributed by atoms with E-state index in [1.54, 1.807) is 30.3 Å². The molecule has 2 saturated heterocycles. The van der Waals surface area contributed by atoms with Gasteiger partial charge in [0.15, 0.2) is 11.8 Å². The third-order valence-electron chi connectivity index (χ3n) is 5.83. The standard InChI is InChI=1S/C23H23F3N4O3/c24-23(25,26)22(11-13-32-22)17-4-1-2-6-19(17)33-20-18(5-3-12-28-20)30-21(31)29-16-9-7-15(14-27)8-10-16/h1-2,4,6-10,18,20,28H,3,5,11-13H2,(H2,29,30,31). The Bertz CT molecular complexity index is 1030. The first kappa shape index (κ1) is 22.9. The maximum atomic E-state index is 13.8. The number of amides is 2. The summed E-state index contributed by atoms with van der Waals surface area (Å²) in [6, 6.07) is 13.4. The number of halogens is 3. The maximum absolute atomic E-state index is 13.8. The third-order valence-corrected chi connectivity index (χ3v) is 5.83. The monoisotopic (exact) mass is 460 g/mol. The normalized spacial score (nSPS) is 24.8. The van der Waals surface area contributed by atoms with E-state index in [0.717, 1.165) is 6.42 Å². The van der Waals surface area contributed by atoms with Crippen LogP contribution in [0.25, 0.3) is 0 Å². The minimum absolute atomic E-state index is 0.0230. The first-order valence-corrected chi connectivity index (χ1v) is 10.6. The lowest BCUT2D eigenvalue weighted by atomic mass is 9.85. The molecule has 0 radical (unpaired) electrons. The van der Waals surface area contributed by atoms with Crippen molar-refractivity contribution in [3.05, 3.63) is 59.7 Å². The van der Waals surface area contributed by atoms with E-state index in [0.29, 0.717) is 24.2 Å². The van der Waals surface area contributed by atoms with Crippen molar-refractivity contribution in [2.75, 3.05) is 18.5 Å². The summed E-state index contributed by atoms with van der Waals surface area (Å²) in [4.78, 5) is 12.5. The number of urea groups is 1. The van der Waals surface area contributed by atoms with Crippen molar-refractivity contribution in [3.8, 4) is 11.8 Å². The summed E-state index contributed by atoms with van der Waals surface area (Å²) in [5.41, 5.74) is -1.48. The number of para-hydroxylation sites is 1. The molecule has 2 heterocycles. The lowest BCUT2D eigenvalue weighted by Crippen LogP contribution is -2.57. The van der Waals surface area contributed by atoms with Gasteiger partial charge >= 0.3 is 12.2 Å². The number of anilines is 1. The van der Waals surface area contributed by atoms with Gasteiger partial charge in [-0.3, -0.25) is 5.32 Å². The van der Waals surface area contributed by atoms with Gasteiger partial charge in [-0.05, 0) is 49.7 Å². The van der Waals surface area contributed by atoms with Crippen LogP contribution in [0.15, 0.2) is 48.5 Å². The lowest BCUT2D eigenvalue weighted by Gasteiger charge is -2.44. The average molecular weight is 460 g/mol. The Balaban J connectivity index is 1.47. The molecule has 0 aromatic heterocycles. The van der Waals surface area contributed by atoms with Crippen LogP contribution in [-0.4, -0.2) is 37.6 Å². The molecule has 2 aromatic carbocycles. The van der Waals surface area contributed by atoms with Gasteiger partial charge in [0.1, 0.15) is 5.75 Å². The largest absolute Gasteiger partial charge is 0.473 e. The number of carbonyl (C=O) groups excluding carboxylic acids is 1. The fraction of sp³-hybridized carbons (Fsp3) is 0.391. The Hall–Kier alpha value is -3.29. The predicted molar refractivity (Wildman–Crippen MR) is 113 cm³/mol. The molecule has 2 aliphatic heterocycles. The van der Waals surface area contributed by atoms with E-state index in [1.807, 2.05) is 6.07 Å². The second kappa shape index (κ2) is 9.29. The van der Waals surface area contributed by atoms with Crippen LogP contribution >= 0.6 is 0 Å². The number of carbonyl (C=O) groups is 1. The van der Waals surface area contributed by atoms with Crippen LogP contribution in [0.5, 0.6) is 5.75 Å². The average Bonchev–Trinajstić information content (AvgIpc) is 2.75. The number of piperidine rings is 1. The number of alkyl halides is 3. The van der Waals surface area contributed by atoms with Crippen LogP contribution in [0.2, 0.25) is 0 Å². The van der Waals surface area contributed by atoms with Gasteiger partial charge in [0.2, 0.25) is 0 Å². The van der Waals surface area contributed by atoms with Crippen molar-refractivity contribution < 1.29 is 27.4 Å². The van der Waals surface area contributed by atoms with Gasteiger partial charge < -0.3 is 20.1 Å². The molecule has 33 heavy (non-hydrogen) atoms. The molecule has 0 spiro atoms. The Morgan fingerprint density at radius 2 is 1.94 bits per heavy atom. The molecular weight excluding hydrogens is 437 g/mol. The van der Waals surface area contributed by atoms with Gasteiger partial charge in [-0.2, -0.15) is 18.4 Å². The SMILES string of the molecule is N#Cc1ccc(NC(=O)NC2CCCNC2Oc2ccccc2C2(C(F)(F)F)CCO2)cc1. The van der Waals surface area contributed by atoms with E-state index in [1.165, 1.54) is 18.2 Å². The number of hydrogen-bond donors (Lipinski definition) is 3. The molecule has 10 heteroatoms. The van der Waals surface area contributed by atoms with E-state index >= 15 is 0 Å². The second-order valence-electron chi connectivity index (χ2n) is 7.95. The van der Waals surface area contributed by atoms with Crippen LogP contribution in [-0.2, 0) is 10.3 Å². The number of rotatable bonds is 5. The minimum atomic E-state index is -4.58. The lowest BCUT2D eigenvalue weighted by molar-refractivity contribution is -0.334. The van der Waals surface area contributed by atoms with Crippen molar-refractivity contribution in [2.45, 2.75) is 43.3 Å². The molecule has 2 amide bonds. The van der Waals surface area contributed by atoms with E-state index in [9.17, 15) is 18.0 Å². The molecule has 2 fully saturated rings. The Morgan fingerprint density at radius 3 is 2.58 bits per heavy atom. The van der Waals surface area contributed by atoms with Crippen LogP contribution in [0.3, 0.4) is 0 Å². The van der Waals surface area contributed by atoms with Gasteiger partial charge in [0, 0.05) is 17.7 Å². The summed E-state index contributed by atoms with van der Waals surface area (Å²) in [6.45, 7) is 0.623. The van der Waals surface area contributed by atoms with E-state index in [-0.39, 0.29) is 24.3 Å².